The Hall–Kier alpha value is -1.50. The molecule has 0 amide bonds. The van der Waals surface area contributed by atoms with Crippen molar-refractivity contribution in [2.24, 2.45) is 0 Å². The Morgan fingerprint density at radius 3 is 2.43 bits per heavy atom. The van der Waals surface area contributed by atoms with E-state index in [1.165, 1.54) is 12.1 Å². The lowest BCUT2D eigenvalue weighted by Gasteiger charge is -2.12. The third kappa shape index (κ3) is 1.87. The average molecular weight is 199 g/mol. The number of hydrogen-bond acceptors (Lipinski definition) is 1. The molecule has 0 aliphatic carbocycles. The topological polar surface area (TPSA) is 23.8 Å². The summed E-state index contributed by atoms with van der Waals surface area (Å²) < 4.78 is 37.3. The Kier molecular flexibility index (Phi) is 2.80. The highest BCUT2D eigenvalue weighted by Gasteiger charge is 2.33. The highest BCUT2D eigenvalue weighted by molar-refractivity contribution is 5.44. The van der Waals surface area contributed by atoms with Crippen molar-refractivity contribution in [1.29, 1.82) is 5.26 Å². The zero-order valence-electron chi connectivity index (χ0n) is 7.52. The molecule has 0 atom stereocenters. The quantitative estimate of drug-likeness (QED) is 0.681. The molecule has 0 unspecified atom stereocenters. The second-order valence-corrected chi connectivity index (χ2v) is 2.79. The smallest absolute Gasteiger partial charge is 0.192 e. The van der Waals surface area contributed by atoms with E-state index in [-0.39, 0.29) is 17.5 Å². The van der Waals surface area contributed by atoms with Crippen LogP contribution < -0.4 is 0 Å². The second kappa shape index (κ2) is 3.70. The number of alkyl halides is 3. The Bertz CT molecular complexity index is 374. The van der Waals surface area contributed by atoms with Gasteiger partial charge in [0.25, 0.3) is 0 Å². The molecule has 14 heavy (non-hydrogen) atoms. The molecule has 0 heterocycles. The lowest BCUT2D eigenvalue weighted by molar-refractivity contribution is -0.138. The molecule has 1 rings (SSSR count). The van der Waals surface area contributed by atoms with Gasteiger partial charge in [0.05, 0.1) is 17.2 Å². The fourth-order valence-corrected chi connectivity index (χ4v) is 1.34. The van der Waals surface area contributed by atoms with Crippen LogP contribution in [-0.4, -0.2) is 0 Å². The van der Waals surface area contributed by atoms with E-state index in [2.05, 4.69) is 0 Å². The molecule has 1 nitrogen and oxygen atoms in total. The maximum Gasteiger partial charge on any atom is 0.416 e. The van der Waals surface area contributed by atoms with Crippen LogP contribution in [0.25, 0.3) is 0 Å². The standard InChI is InChI=1S/C10H8F3N/c1-2-8-7(6-14)4-3-5-9(8)10(11,12)13/h3-5H,2H2,1H3. The Morgan fingerprint density at radius 2 is 2.00 bits per heavy atom. The molecular weight excluding hydrogens is 191 g/mol. The van der Waals surface area contributed by atoms with Crippen LogP contribution >= 0.6 is 0 Å². The van der Waals surface area contributed by atoms with Crippen LogP contribution in [0.4, 0.5) is 13.2 Å². The minimum atomic E-state index is -4.38. The molecule has 0 spiro atoms. The number of benzene rings is 1. The molecule has 4 heteroatoms. The van der Waals surface area contributed by atoms with Crippen molar-refractivity contribution in [2.45, 2.75) is 19.5 Å². The molecule has 0 fully saturated rings. The van der Waals surface area contributed by atoms with Gasteiger partial charge in [-0.15, -0.1) is 0 Å². The van der Waals surface area contributed by atoms with Gasteiger partial charge in [0, 0.05) is 0 Å². The van der Waals surface area contributed by atoms with E-state index in [0.717, 1.165) is 6.07 Å². The molecule has 0 bridgehead atoms. The SMILES string of the molecule is CCc1c(C#N)cccc1C(F)(F)F. The lowest BCUT2D eigenvalue weighted by Crippen LogP contribution is -2.09. The molecule has 1 aromatic rings. The third-order valence-corrected chi connectivity index (χ3v) is 1.96. The van der Waals surface area contributed by atoms with Gasteiger partial charge in [-0.2, -0.15) is 18.4 Å². The van der Waals surface area contributed by atoms with Crippen molar-refractivity contribution in [1.82, 2.24) is 0 Å². The highest BCUT2D eigenvalue weighted by atomic mass is 19.4. The van der Waals surface area contributed by atoms with Crippen molar-refractivity contribution >= 4 is 0 Å². The second-order valence-electron chi connectivity index (χ2n) is 2.79. The molecule has 0 aliphatic rings. The van der Waals surface area contributed by atoms with Crippen LogP contribution in [-0.2, 0) is 12.6 Å². The van der Waals surface area contributed by atoms with Gasteiger partial charge in [0.2, 0.25) is 0 Å². The van der Waals surface area contributed by atoms with E-state index in [1.54, 1.807) is 13.0 Å². The van der Waals surface area contributed by atoms with E-state index in [4.69, 9.17) is 5.26 Å². The molecule has 0 aliphatic heterocycles. The lowest BCUT2D eigenvalue weighted by atomic mass is 9.99. The van der Waals surface area contributed by atoms with Gasteiger partial charge >= 0.3 is 6.18 Å². The number of halogens is 3. The molecular formula is C10H8F3N. The van der Waals surface area contributed by atoms with E-state index in [0.29, 0.717) is 0 Å². The van der Waals surface area contributed by atoms with Gasteiger partial charge in [-0.3, -0.25) is 0 Å². The zero-order valence-corrected chi connectivity index (χ0v) is 7.52. The van der Waals surface area contributed by atoms with Crippen LogP contribution in [0.5, 0.6) is 0 Å². The predicted octanol–water partition coefficient (Wildman–Crippen LogP) is 3.14. The molecule has 0 aromatic heterocycles. The summed E-state index contributed by atoms with van der Waals surface area (Å²) in [6.07, 6.45) is -4.17. The molecule has 0 saturated carbocycles. The first kappa shape index (κ1) is 10.6. The summed E-state index contributed by atoms with van der Waals surface area (Å²) in [5.74, 6) is 0. The van der Waals surface area contributed by atoms with Crippen LogP contribution in [0.3, 0.4) is 0 Å². The number of nitriles is 1. The minimum Gasteiger partial charge on any atom is -0.192 e. The van der Waals surface area contributed by atoms with Crippen molar-refractivity contribution in [3.63, 3.8) is 0 Å². The van der Waals surface area contributed by atoms with Crippen LogP contribution in [0.1, 0.15) is 23.6 Å². The first-order valence-corrected chi connectivity index (χ1v) is 4.10. The Balaban J connectivity index is 3.39. The van der Waals surface area contributed by atoms with Crippen LogP contribution in [0, 0.1) is 11.3 Å². The van der Waals surface area contributed by atoms with Crippen molar-refractivity contribution in [3.05, 3.63) is 34.9 Å². The predicted molar refractivity (Wildman–Crippen MR) is 45.5 cm³/mol. The largest absolute Gasteiger partial charge is 0.416 e. The van der Waals surface area contributed by atoms with E-state index in [1.807, 2.05) is 0 Å². The number of hydrogen-bond donors (Lipinski definition) is 0. The van der Waals surface area contributed by atoms with Crippen LogP contribution in [0.15, 0.2) is 18.2 Å². The monoisotopic (exact) mass is 199 g/mol. The summed E-state index contributed by atoms with van der Waals surface area (Å²) in [6.45, 7) is 1.60. The van der Waals surface area contributed by atoms with E-state index in [9.17, 15) is 13.2 Å². The first-order valence-electron chi connectivity index (χ1n) is 4.10. The summed E-state index contributed by atoms with van der Waals surface area (Å²) in [7, 11) is 0. The fourth-order valence-electron chi connectivity index (χ4n) is 1.34. The number of nitrogens with zero attached hydrogens (tertiary/aromatic N) is 1. The minimum absolute atomic E-state index is 0.0718. The van der Waals surface area contributed by atoms with Gasteiger partial charge in [-0.1, -0.05) is 13.0 Å². The molecule has 0 radical (unpaired) electrons. The van der Waals surface area contributed by atoms with Gasteiger partial charge < -0.3 is 0 Å². The first-order chi connectivity index (χ1) is 6.50. The summed E-state index contributed by atoms with van der Waals surface area (Å²) in [5.41, 5.74) is -0.538. The summed E-state index contributed by atoms with van der Waals surface area (Å²) in [5, 5.41) is 8.62. The van der Waals surface area contributed by atoms with E-state index >= 15 is 0 Å². The van der Waals surface area contributed by atoms with E-state index < -0.39 is 11.7 Å². The Labute approximate surface area is 79.8 Å². The molecule has 0 saturated heterocycles. The van der Waals surface area contributed by atoms with Gasteiger partial charge in [0.1, 0.15) is 0 Å². The maximum absolute atomic E-state index is 12.4. The maximum atomic E-state index is 12.4. The normalized spacial score (nSPS) is 11.1. The highest BCUT2D eigenvalue weighted by Crippen LogP contribution is 2.33. The average Bonchev–Trinajstić information content (AvgIpc) is 2.15. The van der Waals surface area contributed by atoms with Gasteiger partial charge in [-0.25, -0.2) is 0 Å². The summed E-state index contributed by atoms with van der Waals surface area (Å²) in [4.78, 5) is 0. The van der Waals surface area contributed by atoms with Crippen LogP contribution in [0.2, 0.25) is 0 Å². The van der Waals surface area contributed by atoms with Crippen molar-refractivity contribution in [3.8, 4) is 6.07 Å². The molecule has 1 aromatic carbocycles. The number of rotatable bonds is 1. The zero-order chi connectivity index (χ0) is 10.8. The Morgan fingerprint density at radius 1 is 1.36 bits per heavy atom. The third-order valence-electron chi connectivity index (χ3n) is 1.96. The fraction of sp³-hybridized carbons (Fsp3) is 0.300. The summed E-state index contributed by atoms with van der Waals surface area (Å²) in [6, 6.07) is 5.41. The van der Waals surface area contributed by atoms with Crippen molar-refractivity contribution in [2.75, 3.05) is 0 Å². The van der Waals surface area contributed by atoms with Gasteiger partial charge in [-0.05, 0) is 24.1 Å². The molecule has 74 valence electrons. The van der Waals surface area contributed by atoms with Gasteiger partial charge in [0.15, 0.2) is 0 Å². The van der Waals surface area contributed by atoms with Crippen molar-refractivity contribution < 1.29 is 13.2 Å². The summed E-state index contributed by atoms with van der Waals surface area (Å²) >= 11 is 0. The molecule has 0 N–H and O–H groups in total.